The highest BCUT2D eigenvalue weighted by atomic mass is 35.5. The number of nitrogens with zero attached hydrogens (tertiary/aromatic N) is 3. The lowest BCUT2D eigenvalue weighted by Crippen LogP contribution is -2.31. The van der Waals surface area contributed by atoms with Gasteiger partial charge in [0.25, 0.3) is 5.91 Å². The predicted molar refractivity (Wildman–Crippen MR) is 107 cm³/mol. The summed E-state index contributed by atoms with van der Waals surface area (Å²) < 4.78 is 16.0. The van der Waals surface area contributed by atoms with Crippen LogP contribution in [0.15, 0.2) is 47.0 Å². The standard InChI is InChI=1S/C21H20ClN3O4/c1-27-15-8-5-13(6-9-15)19-23-20(29-24-19)17-4-3-11-25(17)21(26)16-10-7-14(22)12-18(16)28-2/h5-10,12,17H,3-4,11H2,1-2H3. The van der Waals surface area contributed by atoms with Crippen LogP contribution in [-0.4, -0.2) is 41.7 Å². The number of ether oxygens (including phenoxy) is 2. The SMILES string of the molecule is COc1ccc(-c2noc(C3CCCN3C(=O)c3ccc(Cl)cc3OC)n2)cc1. The van der Waals surface area contributed by atoms with Crippen molar-refractivity contribution in [3.8, 4) is 22.9 Å². The molecule has 7 nitrogen and oxygen atoms in total. The number of methoxy groups -OCH3 is 2. The monoisotopic (exact) mass is 413 g/mol. The van der Waals surface area contributed by atoms with E-state index in [0.29, 0.717) is 34.6 Å². The summed E-state index contributed by atoms with van der Waals surface area (Å²) in [5.41, 5.74) is 1.27. The zero-order valence-corrected chi connectivity index (χ0v) is 16.8. The van der Waals surface area contributed by atoms with E-state index < -0.39 is 0 Å². The Morgan fingerprint density at radius 3 is 2.69 bits per heavy atom. The Hall–Kier alpha value is -3.06. The van der Waals surface area contributed by atoms with Crippen LogP contribution in [0.2, 0.25) is 5.02 Å². The molecule has 29 heavy (non-hydrogen) atoms. The molecule has 1 amide bonds. The third-order valence-electron chi connectivity index (χ3n) is 4.98. The van der Waals surface area contributed by atoms with Crippen LogP contribution in [-0.2, 0) is 0 Å². The summed E-state index contributed by atoms with van der Waals surface area (Å²) >= 11 is 6.02. The summed E-state index contributed by atoms with van der Waals surface area (Å²) in [6, 6.07) is 12.1. The minimum absolute atomic E-state index is 0.148. The van der Waals surface area contributed by atoms with Gasteiger partial charge in [0.05, 0.1) is 19.8 Å². The first kappa shape index (κ1) is 19.3. The maximum absolute atomic E-state index is 13.2. The fraction of sp³-hybridized carbons (Fsp3) is 0.286. The average molecular weight is 414 g/mol. The predicted octanol–water partition coefficient (Wildman–Crippen LogP) is 4.38. The van der Waals surface area contributed by atoms with E-state index in [1.807, 2.05) is 24.3 Å². The summed E-state index contributed by atoms with van der Waals surface area (Å²) in [5, 5.41) is 4.60. The molecule has 8 heteroatoms. The molecule has 1 aliphatic heterocycles. The Labute approximate surface area is 173 Å². The van der Waals surface area contributed by atoms with Crippen LogP contribution in [0.5, 0.6) is 11.5 Å². The van der Waals surface area contributed by atoms with Crippen LogP contribution in [0.3, 0.4) is 0 Å². The number of aromatic nitrogens is 2. The smallest absolute Gasteiger partial charge is 0.258 e. The van der Waals surface area contributed by atoms with E-state index in [2.05, 4.69) is 10.1 Å². The summed E-state index contributed by atoms with van der Waals surface area (Å²) in [6.45, 7) is 0.607. The number of halogens is 1. The molecule has 1 saturated heterocycles. The Kier molecular flexibility index (Phi) is 5.40. The largest absolute Gasteiger partial charge is 0.497 e. The molecule has 1 fully saturated rings. The van der Waals surface area contributed by atoms with Gasteiger partial charge in [0.1, 0.15) is 17.5 Å². The molecule has 2 heterocycles. The molecule has 0 spiro atoms. The molecule has 1 atom stereocenters. The van der Waals surface area contributed by atoms with Crippen molar-refractivity contribution >= 4 is 17.5 Å². The van der Waals surface area contributed by atoms with E-state index in [-0.39, 0.29) is 11.9 Å². The molecule has 0 saturated carbocycles. The molecule has 4 rings (SSSR count). The third kappa shape index (κ3) is 3.78. The Morgan fingerprint density at radius 1 is 1.17 bits per heavy atom. The first-order valence-electron chi connectivity index (χ1n) is 9.23. The van der Waals surface area contributed by atoms with Crippen molar-refractivity contribution in [2.75, 3.05) is 20.8 Å². The van der Waals surface area contributed by atoms with Crippen molar-refractivity contribution in [2.24, 2.45) is 0 Å². The van der Waals surface area contributed by atoms with Crippen molar-refractivity contribution in [2.45, 2.75) is 18.9 Å². The highest BCUT2D eigenvalue weighted by Gasteiger charge is 2.35. The average Bonchev–Trinajstić information content (AvgIpc) is 3.42. The minimum atomic E-state index is -0.276. The van der Waals surface area contributed by atoms with Gasteiger partial charge in [-0.2, -0.15) is 4.98 Å². The number of carbonyl (C=O) groups is 1. The van der Waals surface area contributed by atoms with Gasteiger partial charge in [-0.1, -0.05) is 16.8 Å². The third-order valence-corrected chi connectivity index (χ3v) is 5.22. The first-order valence-corrected chi connectivity index (χ1v) is 9.61. The van der Waals surface area contributed by atoms with Gasteiger partial charge in [-0.15, -0.1) is 0 Å². The lowest BCUT2D eigenvalue weighted by molar-refractivity contribution is 0.0706. The summed E-state index contributed by atoms with van der Waals surface area (Å²) in [7, 11) is 3.13. The number of hydrogen-bond acceptors (Lipinski definition) is 6. The number of hydrogen-bond donors (Lipinski definition) is 0. The molecule has 0 aliphatic carbocycles. The second-order valence-corrected chi connectivity index (χ2v) is 7.12. The Morgan fingerprint density at radius 2 is 1.97 bits per heavy atom. The molecular weight excluding hydrogens is 394 g/mol. The van der Waals surface area contributed by atoms with E-state index >= 15 is 0 Å². The quantitative estimate of drug-likeness (QED) is 0.617. The highest BCUT2D eigenvalue weighted by molar-refractivity contribution is 6.30. The minimum Gasteiger partial charge on any atom is -0.497 e. The van der Waals surface area contributed by atoms with Crippen molar-refractivity contribution in [1.82, 2.24) is 15.0 Å². The number of likely N-dealkylation sites (tertiary alicyclic amines) is 1. The van der Waals surface area contributed by atoms with E-state index in [1.165, 1.54) is 7.11 Å². The van der Waals surface area contributed by atoms with Crippen molar-refractivity contribution in [1.29, 1.82) is 0 Å². The van der Waals surface area contributed by atoms with E-state index in [9.17, 15) is 4.79 Å². The number of carbonyl (C=O) groups excluding carboxylic acids is 1. The fourth-order valence-corrected chi connectivity index (χ4v) is 3.65. The zero-order valence-electron chi connectivity index (χ0n) is 16.1. The van der Waals surface area contributed by atoms with Crippen LogP contribution in [0, 0.1) is 0 Å². The fourth-order valence-electron chi connectivity index (χ4n) is 3.49. The lowest BCUT2D eigenvalue weighted by atomic mass is 10.1. The number of benzene rings is 2. The molecule has 0 bridgehead atoms. The van der Waals surface area contributed by atoms with Crippen LogP contribution >= 0.6 is 11.6 Å². The first-order chi connectivity index (χ1) is 14.1. The Bertz CT molecular complexity index is 1020. The van der Waals surface area contributed by atoms with Crippen molar-refractivity contribution in [3.63, 3.8) is 0 Å². The molecule has 1 aliphatic rings. The van der Waals surface area contributed by atoms with Crippen LogP contribution < -0.4 is 9.47 Å². The highest BCUT2D eigenvalue weighted by Crippen LogP contribution is 2.35. The number of amides is 1. The molecule has 1 unspecified atom stereocenters. The molecule has 150 valence electrons. The molecular formula is C21H20ClN3O4. The molecule has 0 radical (unpaired) electrons. The van der Waals surface area contributed by atoms with Gasteiger partial charge in [0.15, 0.2) is 0 Å². The van der Waals surface area contributed by atoms with Crippen LogP contribution in [0.4, 0.5) is 0 Å². The van der Waals surface area contributed by atoms with E-state index in [1.54, 1.807) is 30.2 Å². The second-order valence-electron chi connectivity index (χ2n) is 6.69. The van der Waals surface area contributed by atoms with Crippen molar-refractivity contribution in [3.05, 3.63) is 58.9 Å². The summed E-state index contributed by atoms with van der Waals surface area (Å²) in [6.07, 6.45) is 1.61. The topological polar surface area (TPSA) is 77.7 Å². The normalized spacial score (nSPS) is 16.1. The second kappa shape index (κ2) is 8.13. The van der Waals surface area contributed by atoms with Gasteiger partial charge >= 0.3 is 0 Å². The number of rotatable bonds is 5. The van der Waals surface area contributed by atoms with Gasteiger partial charge in [-0.25, -0.2) is 0 Å². The molecule has 3 aromatic rings. The maximum Gasteiger partial charge on any atom is 0.258 e. The van der Waals surface area contributed by atoms with Gasteiger partial charge in [-0.3, -0.25) is 4.79 Å². The zero-order chi connectivity index (χ0) is 20.4. The van der Waals surface area contributed by atoms with Crippen LogP contribution in [0.25, 0.3) is 11.4 Å². The molecule has 2 aromatic carbocycles. The van der Waals surface area contributed by atoms with Gasteiger partial charge in [0, 0.05) is 17.1 Å². The molecule has 0 N–H and O–H groups in total. The van der Waals surface area contributed by atoms with Crippen molar-refractivity contribution < 1.29 is 18.8 Å². The van der Waals surface area contributed by atoms with Gasteiger partial charge in [0.2, 0.25) is 11.7 Å². The van der Waals surface area contributed by atoms with Gasteiger partial charge < -0.3 is 18.9 Å². The lowest BCUT2D eigenvalue weighted by Gasteiger charge is -2.22. The maximum atomic E-state index is 13.2. The van der Waals surface area contributed by atoms with Crippen LogP contribution in [0.1, 0.15) is 35.1 Å². The van der Waals surface area contributed by atoms with Gasteiger partial charge in [-0.05, 0) is 55.3 Å². The summed E-state index contributed by atoms with van der Waals surface area (Å²) in [5.74, 6) is 1.95. The van der Waals surface area contributed by atoms with E-state index in [0.717, 1.165) is 24.2 Å². The van der Waals surface area contributed by atoms with E-state index in [4.69, 9.17) is 25.6 Å². The Balaban J connectivity index is 1.59. The molecule has 1 aromatic heterocycles. The summed E-state index contributed by atoms with van der Waals surface area (Å²) in [4.78, 5) is 19.5.